The molecule has 0 aliphatic rings. The molecule has 0 heterocycles. The number of carboxylic acids is 1. The Balaban J connectivity index is 1.73. The molecule has 0 aromatic heterocycles. The largest absolute Gasteiger partial charge is 0.480 e. The van der Waals surface area contributed by atoms with Crippen molar-refractivity contribution in [3.8, 4) is 0 Å². The molecule has 0 radical (unpaired) electrons. The predicted octanol–water partition coefficient (Wildman–Crippen LogP) is 2.88. The maximum absolute atomic E-state index is 12.6. The quantitative estimate of drug-likeness (QED) is 0.534. The Bertz CT molecular complexity index is 1030. The van der Waals surface area contributed by atoms with E-state index in [1.54, 1.807) is 0 Å². The van der Waals surface area contributed by atoms with Gasteiger partial charge < -0.3 is 20.5 Å². The van der Waals surface area contributed by atoms with Crippen LogP contribution in [0.1, 0.15) is 11.1 Å². The lowest BCUT2D eigenvalue weighted by molar-refractivity contribution is -0.138. The summed E-state index contributed by atoms with van der Waals surface area (Å²) in [6.45, 7) is -0.476. The van der Waals surface area contributed by atoms with E-state index in [2.05, 4.69) is 10.6 Å². The van der Waals surface area contributed by atoms with E-state index in [-0.39, 0.29) is 13.0 Å². The average molecular weight is 406 g/mol. The molecule has 0 aliphatic carbocycles. The number of carboxylic acid groups (broad SMARTS) is 1. The number of hydrogen-bond acceptors (Lipinski definition) is 4. The zero-order valence-electron chi connectivity index (χ0n) is 16.2. The Morgan fingerprint density at radius 3 is 2.37 bits per heavy atom. The topological polar surface area (TPSA) is 105 Å². The van der Waals surface area contributed by atoms with E-state index in [4.69, 9.17) is 9.84 Å². The first-order valence-electron chi connectivity index (χ1n) is 9.46. The average Bonchev–Trinajstić information content (AvgIpc) is 2.76. The van der Waals surface area contributed by atoms with E-state index in [1.165, 1.54) is 0 Å². The van der Waals surface area contributed by atoms with Crippen molar-refractivity contribution in [3.05, 3.63) is 83.9 Å². The van der Waals surface area contributed by atoms with Gasteiger partial charge in [0.1, 0.15) is 19.2 Å². The van der Waals surface area contributed by atoms with Gasteiger partial charge in [-0.2, -0.15) is 0 Å². The minimum absolute atomic E-state index is 0.0599. The highest BCUT2D eigenvalue weighted by atomic mass is 16.5. The number of fused-ring (bicyclic) bond motifs is 1. The van der Waals surface area contributed by atoms with Gasteiger partial charge >= 0.3 is 12.1 Å². The first-order chi connectivity index (χ1) is 14.5. The van der Waals surface area contributed by atoms with Crippen LogP contribution in [0.25, 0.3) is 10.8 Å². The molecule has 0 fully saturated rings. The molecular weight excluding hydrogens is 384 g/mol. The van der Waals surface area contributed by atoms with Crippen LogP contribution >= 0.6 is 0 Å². The van der Waals surface area contributed by atoms with E-state index in [0.717, 1.165) is 21.9 Å². The number of alkyl carbamates (subject to hydrolysis) is 1. The van der Waals surface area contributed by atoms with Crippen molar-refractivity contribution in [2.75, 3.05) is 6.54 Å². The molecular formula is C23H22N2O5. The van der Waals surface area contributed by atoms with E-state index < -0.39 is 30.6 Å². The molecule has 3 N–H and O–H groups in total. The molecule has 7 heteroatoms. The van der Waals surface area contributed by atoms with Crippen LogP contribution in [0, 0.1) is 0 Å². The summed E-state index contributed by atoms with van der Waals surface area (Å²) in [5.41, 5.74) is 1.67. The van der Waals surface area contributed by atoms with Crippen molar-refractivity contribution in [1.29, 1.82) is 0 Å². The minimum atomic E-state index is -1.17. The second-order valence-corrected chi connectivity index (χ2v) is 6.71. The van der Waals surface area contributed by atoms with Crippen molar-refractivity contribution >= 4 is 28.7 Å². The molecule has 0 bridgehead atoms. The molecule has 3 aromatic rings. The molecule has 30 heavy (non-hydrogen) atoms. The van der Waals surface area contributed by atoms with Crippen molar-refractivity contribution in [3.63, 3.8) is 0 Å². The number of ether oxygens (including phenoxy) is 1. The molecule has 0 spiro atoms. The lowest BCUT2D eigenvalue weighted by Gasteiger charge is -2.19. The Morgan fingerprint density at radius 2 is 1.60 bits per heavy atom. The van der Waals surface area contributed by atoms with Crippen molar-refractivity contribution in [1.82, 2.24) is 10.6 Å². The van der Waals surface area contributed by atoms with Crippen molar-refractivity contribution in [2.45, 2.75) is 19.1 Å². The van der Waals surface area contributed by atoms with Gasteiger partial charge in [-0.1, -0.05) is 72.8 Å². The van der Waals surface area contributed by atoms with Gasteiger partial charge in [0.15, 0.2) is 0 Å². The Morgan fingerprint density at radius 1 is 0.900 bits per heavy atom. The normalized spacial score (nSPS) is 11.5. The number of amides is 2. The highest BCUT2D eigenvalue weighted by molar-refractivity contribution is 5.90. The fraction of sp³-hybridized carbons (Fsp3) is 0.174. The van der Waals surface area contributed by atoms with Crippen molar-refractivity contribution in [2.24, 2.45) is 0 Å². The number of rotatable bonds is 8. The zero-order valence-corrected chi connectivity index (χ0v) is 16.2. The molecule has 7 nitrogen and oxygen atoms in total. The Hall–Kier alpha value is -3.87. The fourth-order valence-electron chi connectivity index (χ4n) is 3.09. The summed E-state index contributed by atoms with van der Waals surface area (Å²) in [6, 6.07) is 21.6. The zero-order chi connectivity index (χ0) is 21.3. The van der Waals surface area contributed by atoms with Gasteiger partial charge in [0.25, 0.3) is 0 Å². The third-order valence-corrected chi connectivity index (χ3v) is 4.54. The van der Waals surface area contributed by atoms with Gasteiger partial charge in [-0.05, 0) is 21.9 Å². The van der Waals surface area contributed by atoms with Crippen LogP contribution in [-0.2, 0) is 27.4 Å². The predicted molar refractivity (Wildman–Crippen MR) is 112 cm³/mol. The molecule has 3 aromatic carbocycles. The maximum Gasteiger partial charge on any atom is 0.408 e. The monoisotopic (exact) mass is 406 g/mol. The molecule has 0 saturated heterocycles. The van der Waals surface area contributed by atoms with Crippen LogP contribution in [0.4, 0.5) is 4.79 Å². The first kappa shape index (κ1) is 20.9. The molecule has 154 valence electrons. The molecule has 1 atom stereocenters. The highest BCUT2D eigenvalue weighted by Gasteiger charge is 2.23. The van der Waals surface area contributed by atoms with Crippen LogP contribution in [0.15, 0.2) is 72.8 Å². The van der Waals surface area contributed by atoms with E-state index in [1.807, 2.05) is 72.8 Å². The summed E-state index contributed by atoms with van der Waals surface area (Å²) < 4.78 is 5.21. The van der Waals surface area contributed by atoms with Crippen LogP contribution in [0.2, 0.25) is 0 Å². The van der Waals surface area contributed by atoms with Gasteiger partial charge in [0, 0.05) is 6.42 Å². The summed E-state index contributed by atoms with van der Waals surface area (Å²) in [4.78, 5) is 35.7. The lowest BCUT2D eigenvalue weighted by Crippen LogP contribution is -2.49. The van der Waals surface area contributed by atoms with Gasteiger partial charge in [-0.3, -0.25) is 9.59 Å². The number of hydrogen-bond donors (Lipinski definition) is 3. The highest BCUT2D eigenvalue weighted by Crippen LogP contribution is 2.20. The smallest absolute Gasteiger partial charge is 0.408 e. The number of carbonyl (C=O) groups excluding carboxylic acids is 2. The molecule has 1 unspecified atom stereocenters. The number of nitrogens with one attached hydrogen (secondary N) is 2. The van der Waals surface area contributed by atoms with Crippen LogP contribution < -0.4 is 10.6 Å². The van der Waals surface area contributed by atoms with E-state index in [9.17, 15) is 14.4 Å². The second kappa shape index (κ2) is 10.1. The standard InChI is InChI=1S/C23H22N2O5/c26-21(27)14-24-22(28)20(25-23(29)30-15-16-7-2-1-3-8-16)13-18-11-6-10-17-9-4-5-12-19(17)18/h1-12,20H,13-15H2,(H,24,28)(H,25,29)(H,26,27). The van der Waals surface area contributed by atoms with Gasteiger partial charge in [-0.15, -0.1) is 0 Å². The molecule has 0 aliphatic heterocycles. The first-order valence-corrected chi connectivity index (χ1v) is 9.46. The summed E-state index contributed by atoms with van der Waals surface area (Å²) in [6.07, 6.45) is -0.567. The lowest BCUT2D eigenvalue weighted by atomic mass is 9.98. The molecule has 2 amide bonds. The van der Waals surface area contributed by atoms with Gasteiger partial charge in [-0.25, -0.2) is 4.79 Å². The second-order valence-electron chi connectivity index (χ2n) is 6.71. The minimum Gasteiger partial charge on any atom is -0.480 e. The molecule has 3 rings (SSSR count). The van der Waals surface area contributed by atoms with E-state index in [0.29, 0.717) is 0 Å². The van der Waals surface area contributed by atoms with E-state index >= 15 is 0 Å². The number of benzene rings is 3. The van der Waals surface area contributed by atoms with Crippen molar-refractivity contribution < 1.29 is 24.2 Å². The summed E-state index contributed by atoms with van der Waals surface area (Å²) >= 11 is 0. The SMILES string of the molecule is O=C(O)CNC(=O)C(Cc1cccc2ccccc12)NC(=O)OCc1ccccc1. The summed E-state index contributed by atoms with van der Waals surface area (Å²) in [5, 5.41) is 15.7. The van der Waals surface area contributed by atoms with Gasteiger partial charge in [0.2, 0.25) is 5.91 Å². The summed E-state index contributed by atoms with van der Waals surface area (Å²) in [5.74, 6) is -1.76. The number of aliphatic carboxylic acids is 1. The van der Waals surface area contributed by atoms with Crippen LogP contribution in [0.5, 0.6) is 0 Å². The summed E-state index contributed by atoms with van der Waals surface area (Å²) in [7, 11) is 0. The maximum atomic E-state index is 12.6. The molecule has 0 saturated carbocycles. The van der Waals surface area contributed by atoms with Crippen LogP contribution in [0.3, 0.4) is 0 Å². The van der Waals surface area contributed by atoms with Crippen LogP contribution in [-0.4, -0.2) is 35.7 Å². The Kier molecular flexibility index (Phi) is 7.00. The number of carbonyl (C=O) groups is 3. The third-order valence-electron chi connectivity index (χ3n) is 4.54. The van der Waals surface area contributed by atoms with Gasteiger partial charge in [0.05, 0.1) is 0 Å². The third kappa shape index (κ3) is 5.81. The Labute approximate surface area is 173 Å². The fourth-order valence-corrected chi connectivity index (χ4v) is 3.09.